The fourth-order valence-corrected chi connectivity index (χ4v) is 3.02. The van der Waals surface area contributed by atoms with Crippen LogP contribution >= 0.6 is 11.6 Å². The van der Waals surface area contributed by atoms with E-state index in [1.165, 1.54) is 0 Å². The third-order valence-electron chi connectivity index (χ3n) is 3.72. The second-order valence-electron chi connectivity index (χ2n) is 5.14. The first-order chi connectivity index (χ1) is 9.13. The molecule has 0 spiro atoms. The van der Waals surface area contributed by atoms with Crippen molar-refractivity contribution < 1.29 is 14.6 Å². The van der Waals surface area contributed by atoms with E-state index in [9.17, 15) is 9.90 Å². The fraction of sp³-hybridized carbons (Fsp3) is 0.500. The quantitative estimate of drug-likeness (QED) is 0.895. The molecule has 2 unspecified atom stereocenters. The molecule has 5 heteroatoms. The van der Waals surface area contributed by atoms with Crippen molar-refractivity contribution in [2.24, 2.45) is 0 Å². The van der Waals surface area contributed by atoms with Gasteiger partial charge in [-0.3, -0.25) is 4.79 Å². The van der Waals surface area contributed by atoms with Gasteiger partial charge in [0.15, 0.2) is 0 Å². The van der Waals surface area contributed by atoms with Crippen molar-refractivity contribution >= 4 is 23.2 Å². The number of carbonyl (C=O) groups is 1. The third-order valence-corrected chi connectivity index (χ3v) is 4.04. The van der Waals surface area contributed by atoms with Crippen LogP contribution in [0.3, 0.4) is 0 Å². The molecule has 0 aromatic heterocycles. The van der Waals surface area contributed by atoms with E-state index in [1.54, 1.807) is 6.07 Å². The lowest BCUT2D eigenvalue weighted by atomic mass is 9.99. The van der Waals surface area contributed by atoms with Crippen LogP contribution in [0, 0.1) is 0 Å². The van der Waals surface area contributed by atoms with E-state index in [4.69, 9.17) is 16.3 Å². The average molecular weight is 282 g/mol. The van der Waals surface area contributed by atoms with Crippen molar-refractivity contribution in [3.63, 3.8) is 0 Å². The zero-order valence-corrected chi connectivity index (χ0v) is 11.2. The highest BCUT2D eigenvalue weighted by atomic mass is 35.5. The Morgan fingerprint density at radius 2 is 2.37 bits per heavy atom. The maximum Gasteiger partial charge on any atom is 0.228 e. The molecule has 1 aromatic rings. The van der Waals surface area contributed by atoms with E-state index in [2.05, 4.69) is 5.32 Å². The molecule has 1 saturated heterocycles. The molecule has 1 aromatic carbocycles. The zero-order chi connectivity index (χ0) is 13.4. The Bertz CT molecular complexity index is 512. The van der Waals surface area contributed by atoms with Crippen molar-refractivity contribution in [2.75, 3.05) is 11.9 Å². The lowest BCUT2D eigenvalue weighted by Crippen LogP contribution is -2.11. The molecule has 2 heterocycles. The molecule has 2 N–H and O–H groups in total. The zero-order valence-electron chi connectivity index (χ0n) is 10.5. The second-order valence-corrected chi connectivity index (χ2v) is 5.55. The number of ether oxygens (including phenoxy) is 1. The summed E-state index contributed by atoms with van der Waals surface area (Å²) < 4.78 is 5.53. The van der Waals surface area contributed by atoms with Crippen LogP contribution in [-0.2, 0) is 16.0 Å². The predicted molar refractivity (Wildman–Crippen MR) is 72.3 cm³/mol. The Morgan fingerprint density at radius 3 is 3.11 bits per heavy atom. The second kappa shape index (κ2) is 5.12. The summed E-state index contributed by atoms with van der Waals surface area (Å²) in [7, 11) is 0. The SMILES string of the molecule is O=C1Cc2cc(C(O)CC3CCCO3)c(Cl)cc2N1. The Labute approximate surface area is 116 Å². The molecule has 1 amide bonds. The van der Waals surface area contributed by atoms with E-state index in [0.29, 0.717) is 23.4 Å². The van der Waals surface area contributed by atoms with E-state index in [1.807, 2.05) is 6.07 Å². The van der Waals surface area contributed by atoms with E-state index in [-0.39, 0.29) is 12.0 Å². The number of halogens is 1. The van der Waals surface area contributed by atoms with Crippen LogP contribution in [0.1, 0.15) is 36.5 Å². The van der Waals surface area contributed by atoms with E-state index in [0.717, 1.165) is 30.7 Å². The Hall–Kier alpha value is -1.10. The molecule has 102 valence electrons. The summed E-state index contributed by atoms with van der Waals surface area (Å²) in [6, 6.07) is 3.55. The monoisotopic (exact) mass is 281 g/mol. The lowest BCUT2D eigenvalue weighted by molar-refractivity contribution is -0.115. The van der Waals surface area contributed by atoms with Gasteiger partial charge in [0.05, 0.1) is 18.6 Å². The summed E-state index contributed by atoms with van der Waals surface area (Å²) >= 11 is 6.18. The molecule has 0 radical (unpaired) electrons. The standard InChI is InChI=1S/C14H16ClNO3/c15-11-7-12-8(5-14(18)16-12)4-10(11)13(17)6-9-2-1-3-19-9/h4,7,9,13,17H,1-3,5-6H2,(H,16,18). The number of aliphatic hydroxyl groups is 1. The van der Waals surface area contributed by atoms with Gasteiger partial charge in [-0.1, -0.05) is 11.6 Å². The summed E-state index contributed by atoms with van der Waals surface area (Å²) in [5, 5.41) is 13.5. The van der Waals surface area contributed by atoms with Gasteiger partial charge in [-0.05, 0) is 36.1 Å². The predicted octanol–water partition coefficient (Wildman–Crippen LogP) is 2.44. The number of benzene rings is 1. The maximum absolute atomic E-state index is 11.3. The molecule has 0 aliphatic carbocycles. The number of fused-ring (bicyclic) bond motifs is 1. The van der Waals surface area contributed by atoms with Crippen LogP contribution in [0.4, 0.5) is 5.69 Å². The van der Waals surface area contributed by atoms with E-state index < -0.39 is 6.10 Å². The normalized spacial score (nSPS) is 23.3. The molecular weight excluding hydrogens is 266 g/mol. The van der Waals surface area contributed by atoms with Crippen LogP contribution in [0.2, 0.25) is 5.02 Å². The van der Waals surface area contributed by atoms with Gasteiger partial charge in [-0.25, -0.2) is 0 Å². The highest BCUT2D eigenvalue weighted by molar-refractivity contribution is 6.32. The molecule has 2 aliphatic rings. The van der Waals surface area contributed by atoms with Crippen molar-refractivity contribution in [1.29, 1.82) is 0 Å². The van der Waals surface area contributed by atoms with Crippen LogP contribution < -0.4 is 5.32 Å². The van der Waals surface area contributed by atoms with Crippen molar-refractivity contribution in [3.8, 4) is 0 Å². The van der Waals surface area contributed by atoms with Crippen molar-refractivity contribution in [3.05, 3.63) is 28.3 Å². The fourth-order valence-electron chi connectivity index (χ4n) is 2.73. The molecule has 0 saturated carbocycles. The first-order valence-electron chi connectivity index (χ1n) is 6.55. The summed E-state index contributed by atoms with van der Waals surface area (Å²) in [6.07, 6.45) is 2.41. The number of hydrogen-bond acceptors (Lipinski definition) is 3. The molecule has 1 fully saturated rings. The van der Waals surface area contributed by atoms with Crippen LogP contribution in [0.5, 0.6) is 0 Å². The van der Waals surface area contributed by atoms with Gasteiger partial charge in [-0.2, -0.15) is 0 Å². The van der Waals surface area contributed by atoms with Crippen LogP contribution in [0.15, 0.2) is 12.1 Å². The molecule has 0 bridgehead atoms. The van der Waals surface area contributed by atoms with Crippen LogP contribution in [0.25, 0.3) is 0 Å². The summed E-state index contributed by atoms with van der Waals surface area (Å²) in [5.41, 5.74) is 2.34. The number of rotatable bonds is 3. The van der Waals surface area contributed by atoms with Crippen molar-refractivity contribution in [1.82, 2.24) is 0 Å². The molecular formula is C14H16ClNO3. The Balaban J connectivity index is 1.80. The van der Waals surface area contributed by atoms with Gasteiger partial charge in [0.2, 0.25) is 5.91 Å². The molecule has 3 rings (SSSR count). The minimum atomic E-state index is -0.642. The Kier molecular flexibility index (Phi) is 3.48. The van der Waals surface area contributed by atoms with Gasteiger partial charge in [-0.15, -0.1) is 0 Å². The highest BCUT2D eigenvalue weighted by Crippen LogP contribution is 2.35. The van der Waals surface area contributed by atoms with Gasteiger partial charge < -0.3 is 15.2 Å². The minimum Gasteiger partial charge on any atom is -0.388 e. The highest BCUT2D eigenvalue weighted by Gasteiger charge is 2.25. The number of carbonyl (C=O) groups excluding carboxylic acids is 1. The molecule has 2 aliphatic heterocycles. The number of anilines is 1. The number of nitrogens with one attached hydrogen (secondary N) is 1. The lowest BCUT2D eigenvalue weighted by Gasteiger charge is -2.17. The molecule has 4 nitrogen and oxygen atoms in total. The number of hydrogen-bond donors (Lipinski definition) is 2. The van der Waals surface area contributed by atoms with Crippen molar-refractivity contribution in [2.45, 2.75) is 37.9 Å². The largest absolute Gasteiger partial charge is 0.388 e. The van der Waals surface area contributed by atoms with Gasteiger partial charge >= 0.3 is 0 Å². The first kappa shape index (κ1) is 12.9. The third kappa shape index (κ3) is 2.61. The van der Waals surface area contributed by atoms with Gasteiger partial charge in [0.1, 0.15) is 0 Å². The Morgan fingerprint density at radius 1 is 1.53 bits per heavy atom. The van der Waals surface area contributed by atoms with Gasteiger partial charge in [0.25, 0.3) is 0 Å². The minimum absolute atomic E-state index is 0.0307. The molecule has 19 heavy (non-hydrogen) atoms. The van der Waals surface area contributed by atoms with Crippen LogP contribution in [-0.4, -0.2) is 23.7 Å². The van der Waals surface area contributed by atoms with Gasteiger partial charge in [0, 0.05) is 23.7 Å². The molecule has 2 atom stereocenters. The summed E-state index contributed by atoms with van der Waals surface area (Å²) in [4.78, 5) is 11.3. The number of amides is 1. The summed E-state index contributed by atoms with van der Waals surface area (Å²) in [5.74, 6) is -0.0307. The number of aliphatic hydroxyl groups excluding tert-OH is 1. The van der Waals surface area contributed by atoms with E-state index >= 15 is 0 Å². The average Bonchev–Trinajstić information content (AvgIpc) is 2.96. The maximum atomic E-state index is 11.3. The summed E-state index contributed by atoms with van der Waals surface area (Å²) in [6.45, 7) is 0.772. The topological polar surface area (TPSA) is 58.6 Å². The first-order valence-corrected chi connectivity index (χ1v) is 6.93. The smallest absolute Gasteiger partial charge is 0.228 e.